The molecule has 1 saturated carbocycles. The summed E-state index contributed by atoms with van der Waals surface area (Å²) in [4.78, 5) is 10.1. The van der Waals surface area contributed by atoms with Crippen LogP contribution in [0, 0.1) is 17.7 Å². The lowest BCUT2D eigenvalue weighted by Gasteiger charge is -2.09. The van der Waals surface area contributed by atoms with Crippen molar-refractivity contribution < 1.29 is 9.18 Å². The zero-order valence-corrected chi connectivity index (χ0v) is 10.7. The lowest BCUT2D eigenvalue weighted by Crippen LogP contribution is -1.98. The van der Waals surface area contributed by atoms with Crippen molar-refractivity contribution in [2.45, 2.75) is 32.1 Å². The molecule has 96 valence electrons. The second kappa shape index (κ2) is 5.94. The van der Waals surface area contributed by atoms with Crippen LogP contribution >= 0.6 is 0 Å². The normalized spacial score (nSPS) is 24.1. The van der Waals surface area contributed by atoms with Gasteiger partial charge in [-0.15, -0.1) is 0 Å². The number of hydrogen-bond acceptors (Lipinski definition) is 1. The van der Waals surface area contributed by atoms with E-state index < -0.39 is 0 Å². The molecule has 0 N–H and O–H groups in total. The van der Waals surface area contributed by atoms with Crippen LogP contribution in [0.1, 0.15) is 37.7 Å². The molecule has 1 aromatic carbocycles. The van der Waals surface area contributed by atoms with Crippen LogP contribution in [-0.2, 0) is 4.79 Å². The molecule has 0 radical (unpaired) electrons. The van der Waals surface area contributed by atoms with Gasteiger partial charge in [0.15, 0.2) is 0 Å². The number of carbonyl (C=O) groups is 1. The van der Waals surface area contributed by atoms with Gasteiger partial charge in [0.2, 0.25) is 0 Å². The monoisotopic (exact) mass is 246 g/mol. The molecule has 0 bridgehead atoms. The molecule has 3 atom stereocenters. The molecule has 1 aromatic rings. The zero-order valence-electron chi connectivity index (χ0n) is 10.7. The van der Waals surface area contributed by atoms with E-state index >= 15 is 0 Å². The largest absolute Gasteiger partial charge is 0.299 e. The molecule has 1 fully saturated rings. The molecule has 1 aliphatic carbocycles. The van der Waals surface area contributed by atoms with Gasteiger partial charge in [-0.1, -0.05) is 25.1 Å². The Hall–Kier alpha value is -1.44. The summed E-state index contributed by atoms with van der Waals surface area (Å²) in [5.74, 6) is 1.83. The van der Waals surface area contributed by atoms with Crippen molar-refractivity contribution in [3.63, 3.8) is 0 Å². The first-order valence-corrected chi connectivity index (χ1v) is 6.58. The first-order chi connectivity index (χ1) is 8.72. The van der Waals surface area contributed by atoms with Gasteiger partial charge in [-0.05, 0) is 60.8 Å². The van der Waals surface area contributed by atoms with Crippen LogP contribution in [-0.4, -0.2) is 6.29 Å². The molecule has 18 heavy (non-hydrogen) atoms. The number of halogens is 1. The van der Waals surface area contributed by atoms with Gasteiger partial charge in [0.25, 0.3) is 0 Å². The van der Waals surface area contributed by atoms with E-state index in [4.69, 9.17) is 0 Å². The quantitative estimate of drug-likeness (QED) is 0.545. The first kappa shape index (κ1) is 13.0. The smallest absolute Gasteiger partial charge is 0.142 e. The van der Waals surface area contributed by atoms with Crippen LogP contribution in [0.2, 0.25) is 0 Å². The Morgan fingerprint density at radius 3 is 2.78 bits per heavy atom. The Morgan fingerprint density at radius 2 is 2.11 bits per heavy atom. The first-order valence-electron chi connectivity index (χ1n) is 6.58. The molecule has 3 unspecified atom stereocenters. The van der Waals surface area contributed by atoms with Gasteiger partial charge >= 0.3 is 0 Å². The summed E-state index contributed by atoms with van der Waals surface area (Å²) in [6.45, 7) is 2.27. The number of carbonyl (C=O) groups excluding carboxylic acids is 1. The number of aldehydes is 1. The van der Waals surface area contributed by atoms with Crippen LogP contribution in [0.4, 0.5) is 4.39 Å². The van der Waals surface area contributed by atoms with E-state index in [1.165, 1.54) is 12.0 Å². The van der Waals surface area contributed by atoms with Crippen molar-refractivity contribution >= 4 is 6.29 Å². The average molecular weight is 246 g/mol. The SMILES string of the molecule is CC(CC/C=C/C=O)C1CC1c1ccc(F)cc1. The van der Waals surface area contributed by atoms with Crippen molar-refractivity contribution in [3.05, 3.63) is 47.8 Å². The van der Waals surface area contributed by atoms with Crippen molar-refractivity contribution in [3.8, 4) is 0 Å². The molecule has 0 amide bonds. The van der Waals surface area contributed by atoms with E-state index in [1.54, 1.807) is 18.2 Å². The minimum absolute atomic E-state index is 0.164. The van der Waals surface area contributed by atoms with E-state index in [9.17, 15) is 9.18 Å². The Kier molecular flexibility index (Phi) is 4.29. The van der Waals surface area contributed by atoms with Gasteiger partial charge in [0.1, 0.15) is 12.1 Å². The highest BCUT2D eigenvalue weighted by molar-refractivity contribution is 5.64. The standard InChI is InChI=1S/C16H19FO/c1-12(5-3-2-4-10-18)15-11-16(15)13-6-8-14(17)9-7-13/h2,4,6-10,12,15-16H,3,5,11H2,1H3/b4-2+. The van der Waals surface area contributed by atoms with Crippen molar-refractivity contribution in [2.24, 2.45) is 11.8 Å². The van der Waals surface area contributed by atoms with E-state index in [1.807, 2.05) is 18.2 Å². The van der Waals surface area contributed by atoms with Gasteiger partial charge in [-0.3, -0.25) is 4.79 Å². The zero-order chi connectivity index (χ0) is 13.0. The van der Waals surface area contributed by atoms with Crippen molar-refractivity contribution in [1.82, 2.24) is 0 Å². The molecular weight excluding hydrogens is 227 g/mol. The molecule has 0 aromatic heterocycles. The topological polar surface area (TPSA) is 17.1 Å². The number of benzene rings is 1. The second-order valence-electron chi connectivity index (χ2n) is 5.18. The Morgan fingerprint density at radius 1 is 1.39 bits per heavy atom. The van der Waals surface area contributed by atoms with Crippen LogP contribution in [0.15, 0.2) is 36.4 Å². The number of hydrogen-bond donors (Lipinski definition) is 0. The predicted octanol–water partition coefficient (Wildman–Crippen LogP) is 4.10. The van der Waals surface area contributed by atoms with Crippen molar-refractivity contribution in [2.75, 3.05) is 0 Å². The maximum Gasteiger partial charge on any atom is 0.142 e. The summed E-state index contributed by atoms with van der Waals surface area (Å²) >= 11 is 0. The Bertz CT molecular complexity index is 421. The molecule has 0 spiro atoms. The van der Waals surface area contributed by atoms with Crippen LogP contribution in [0.5, 0.6) is 0 Å². The minimum atomic E-state index is -0.164. The van der Waals surface area contributed by atoms with Gasteiger partial charge in [0, 0.05) is 0 Å². The summed E-state index contributed by atoms with van der Waals surface area (Å²) in [6, 6.07) is 6.89. The molecule has 1 aliphatic rings. The van der Waals surface area contributed by atoms with Crippen molar-refractivity contribution in [1.29, 1.82) is 0 Å². The second-order valence-corrected chi connectivity index (χ2v) is 5.18. The minimum Gasteiger partial charge on any atom is -0.299 e. The predicted molar refractivity (Wildman–Crippen MR) is 70.9 cm³/mol. The molecule has 1 nitrogen and oxygen atoms in total. The fraction of sp³-hybridized carbons (Fsp3) is 0.438. The summed E-state index contributed by atoms with van der Waals surface area (Å²) in [5.41, 5.74) is 1.26. The highest BCUT2D eigenvalue weighted by Crippen LogP contribution is 2.52. The van der Waals surface area contributed by atoms with E-state index in [-0.39, 0.29) is 5.82 Å². The Labute approximate surface area is 108 Å². The average Bonchev–Trinajstić information content (AvgIpc) is 3.15. The third-order valence-electron chi connectivity index (χ3n) is 3.87. The summed E-state index contributed by atoms with van der Waals surface area (Å²) < 4.78 is 12.8. The highest BCUT2D eigenvalue weighted by Gasteiger charge is 2.41. The molecule has 0 saturated heterocycles. The molecular formula is C16H19FO. The number of allylic oxidation sites excluding steroid dienone is 2. The lowest BCUT2D eigenvalue weighted by atomic mass is 9.96. The van der Waals surface area contributed by atoms with Gasteiger partial charge in [-0.2, -0.15) is 0 Å². The molecule has 0 heterocycles. The van der Waals surface area contributed by atoms with Gasteiger partial charge in [-0.25, -0.2) is 4.39 Å². The lowest BCUT2D eigenvalue weighted by molar-refractivity contribution is -0.104. The fourth-order valence-electron chi connectivity index (χ4n) is 2.66. The van der Waals surface area contributed by atoms with Crippen LogP contribution < -0.4 is 0 Å². The maximum absolute atomic E-state index is 12.8. The molecule has 0 aliphatic heterocycles. The summed E-state index contributed by atoms with van der Waals surface area (Å²) in [6.07, 6.45) is 7.61. The third-order valence-corrected chi connectivity index (χ3v) is 3.87. The van der Waals surface area contributed by atoms with Crippen LogP contribution in [0.25, 0.3) is 0 Å². The Balaban J connectivity index is 1.81. The van der Waals surface area contributed by atoms with Gasteiger partial charge in [0.05, 0.1) is 0 Å². The summed E-state index contributed by atoms with van der Waals surface area (Å²) in [5, 5.41) is 0. The van der Waals surface area contributed by atoms with E-state index in [2.05, 4.69) is 6.92 Å². The fourth-order valence-corrected chi connectivity index (χ4v) is 2.66. The van der Waals surface area contributed by atoms with Crippen LogP contribution in [0.3, 0.4) is 0 Å². The van der Waals surface area contributed by atoms with E-state index in [0.29, 0.717) is 11.8 Å². The number of rotatable bonds is 6. The summed E-state index contributed by atoms with van der Waals surface area (Å²) in [7, 11) is 0. The molecule has 2 rings (SSSR count). The van der Waals surface area contributed by atoms with E-state index in [0.717, 1.165) is 25.0 Å². The van der Waals surface area contributed by atoms with Gasteiger partial charge < -0.3 is 0 Å². The third kappa shape index (κ3) is 3.28. The highest BCUT2D eigenvalue weighted by atomic mass is 19.1. The molecule has 2 heteroatoms. The maximum atomic E-state index is 12.8.